The number of benzene rings is 1. The van der Waals surface area contributed by atoms with Crippen molar-refractivity contribution in [1.82, 2.24) is 19.5 Å². The summed E-state index contributed by atoms with van der Waals surface area (Å²) in [7, 11) is -3.49. The number of alkyl halides is 1. The molecule has 1 aromatic carbocycles. The van der Waals surface area contributed by atoms with Gasteiger partial charge in [0.1, 0.15) is 5.82 Å². The lowest BCUT2D eigenvalue weighted by Crippen LogP contribution is -2.30. The van der Waals surface area contributed by atoms with Crippen molar-refractivity contribution >= 4 is 10.0 Å². The first-order chi connectivity index (χ1) is 12.1. The van der Waals surface area contributed by atoms with Gasteiger partial charge in [0.05, 0.1) is 12.4 Å². The van der Waals surface area contributed by atoms with E-state index >= 15 is 0 Å². The van der Waals surface area contributed by atoms with Crippen LogP contribution in [-0.2, 0) is 15.8 Å². The van der Waals surface area contributed by atoms with Gasteiger partial charge in [-0.15, -0.1) is 0 Å². The third-order valence-corrected chi connectivity index (χ3v) is 6.79. The van der Waals surface area contributed by atoms with Gasteiger partial charge in [-0.25, -0.2) is 17.7 Å². The van der Waals surface area contributed by atoms with Crippen LogP contribution in [0.2, 0.25) is 0 Å². The number of nitrogens with one attached hydrogen (secondary N) is 1. The highest BCUT2D eigenvalue weighted by atomic mass is 32.2. The molecule has 134 valence electrons. The molecule has 2 fully saturated rings. The number of aromatic amines is 1. The summed E-state index contributed by atoms with van der Waals surface area (Å²) in [5, 5.41) is 7.13. The Bertz CT molecular complexity index is 835. The van der Waals surface area contributed by atoms with Crippen LogP contribution in [0.15, 0.2) is 30.3 Å². The van der Waals surface area contributed by atoms with Gasteiger partial charge < -0.3 is 0 Å². The topological polar surface area (TPSA) is 79.0 Å². The monoisotopic (exact) mass is 364 g/mol. The molecule has 1 aliphatic heterocycles. The van der Waals surface area contributed by atoms with Gasteiger partial charge in [-0.05, 0) is 18.4 Å². The van der Waals surface area contributed by atoms with Crippen molar-refractivity contribution in [3.8, 4) is 0 Å². The van der Waals surface area contributed by atoms with Crippen LogP contribution in [-0.4, -0.2) is 47.7 Å². The standard InChI is InChI=1S/C17H21FN4O2S/c18-8-14-9-22(25(23,24)11-12-4-2-1-3-5-12)10-15(14)17-19-16(20-21-17)13-6-7-13/h1-5,13-15H,6-11H2,(H,19,20,21)/t14-,15-/m1/s1. The zero-order valence-electron chi connectivity index (χ0n) is 13.8. The number of H-pyrrole nitrogens is 1. The molecule has 8 heteroatoms. The SMILES string of the molecule is O=S(=O)(Cc1ccccc1)N1C[C@@H](CF)[C@H](c2nc(C3CC3)n[nH]2)C1. The number of nitrogens with zero attached hydrogens (tertiary/aromatic N) is 3. The average molecular weight is 364 g/mol. The van der Waals surface area contributed by atoms with E-state index in [-0.39, 0.29) is 30.7 Å². The molecule has 2 atom stereocenters. The van der Waals surface area contributed by atoms with E-state index in [1.54, 1.807) is 12.1 Å². The van der Waals surface area contributed by atoms with Crippen LogP contribution in [0.5, 0.6) is 0 Å². The van der Waals surface area contributed by atoms with Crippen LogP contribution in [0, 0.1) is 5.92 Å². The van der Waals surface area contributed by atoms with Crippen LogP contribution >= 0.6 is 0 Å². The second-order valence-electron chi connectivity index (χ2n) is 6.93. The molecule has 2 aromatic rings. The van der Waals surface area contributed by atoms with E-state index in [0.717, 1.165) is 24.2 Å². The van der Waals surface area contributed by atoms with Crippen molar-refractivity contribution in [2.45, 2.75) is 30.4 Å². The summed E-state index contributed by atoms with van der Waals surface area (Å²) in [6.45, 7) is -0.125. The minimum absolute atomic E-state index is 0.0662. The summed E-state index contributed by atoms with van der Waals surface area (Å²) >= 11 is 0. The third kappa shape index (κ3) is 3.46. The van der Waals surface area contributed by atoms with Crippen LogP contribution in [0.25, 0.3) is 0 Å². The van der Waals surface area contributed by atoms with Crippen molar-refractivity contribution < 1.29 is 12.8 Å². The van der Waals surface area contributed by atoms with E-state index in [4.69, 9.17) is 0 Å². The Morgan fingerprint density at radius 1 is 1.20 bits per heavy atom. The van der Waals surface area contributed by atoms with Crippen LogP contribution < -0.4 is 0 Å². The molecule has 1 aliphatic carbocycles. The van der Waals surface area contributed by atoms with Crippen LogP contribution in [0.4, 0.5) is 4.39 Å². The minimum Gasteiger partial charge on any atom is -0.263 e. The molecule has 1 saturated heterocycles. The Hall–Kier alpha value is -1.80. The zero-order valence-corrected chi connectivity index (χ0v) is 14.6. The molecule has 0 spiro atoms. The van der Waals surface area contributed by atoms with Crippen LogP contribution in [0.3, 0.4) is 0 Å². The van der Waals surface area contributed by atoms with E-state index in [9.17, 15) is 12.8 Å². The molecule has 6 nitrogen and oxygen atoms in total. The smallest absolute Gasteiger partial charge is 0.218 e. The lowest BCUT2D eigenvalue weighted by Gasteiger charge is -2.16. The first-order valence-electron chi connectivity index (χ1n) is 8.56. The highest BCUT2D eigenvalue weighted by Crippen LogP contribution is 2.39. The summed E-state index contributed by atoms with van der Waals surface area (Å²) < 4.78 is 40.4. The van der Waals surface area contributed by atoms with Crippen molar-refractivity contribution in [3.05, 3.63) is 47.5 Å². The third-order valence-electron chi connectivity index (χ3n) is 5.00. The molecule has 0 unspecified atom stereocenters. The lowest BCUT2D eigenvalue weighted by atomic mass is 9.97. The highest BCUT2D eigenvalue weighted by molar-refractivity contribution is 7.88. The van der Waals surface area contributed by atoms with Gasteiger partial charge in [-0.1, -0.05) is 30.3 Å². The molecule has 2 aliphatic rings. The van der Waals surface area contributed by atoms with Crippen molar-refractivity contribution in [3.63, 3.8) is 0 Å². The number of rotatable bonds is 6. The second kappa shape index (κ2) is 6.49. The highest BCUT2D eigenvalue weighted by Gasteiger charge is 2.41. The normalized spacial score (nSPS) is 24.7. The molecule has 1 N–H and O–H groups in total. The van der Waals surface area contributed by atoms with E-state index in [1.807, 2.05) is 18.2 Å². The lowest BCUT2D eigenvalue weighted by molar-refractivity contribution is 0.346. The fourth-order valence-corrected chi connectivity index (χ4v) is 4.98. The number of sulfonamides is 1. The number of aromatic nitrogens is 3. The number of halogens is 1. The largest absolute Gasteiger partial charge is 0.263 e. The summed E-state index contributed by atoms with van der Waals surface area (Å²) in [5.41, 5.74) is 0.735. The maximum Gasteiger partial charge on any atom is 0.218 e. The Kier molecular flexibility index (Phi) is 4.33. The van der Waals surface area contributed by atoms with Crippen molar-refractivity contribution in [1.29, 1.82) is 0 Å². The molecule has 0 bridgehead atoms. The summed E-state index contributed by atoms with van der Waals surface area (Å²) in [6.07, 6.45) is 2.18. The van der Waals surface area contributed by atoms with Gasteiger partial charge in [0.25, 0.3) is 0 Å². The maximum absolute atomic E-state index is 13.5. The van der Waals surface area contributed by atoms with E-state index < -0.39 is 16.7 Å². The van der Waals surface area contributed by atoms with Gasteiger partial charge in [-0.3, -0.25) is 9.49 Å². The summed E-state index contributed by atoms with van der Waals surface area (Å²) in [4.78, 5) is 4.50. The second-order valence-corrected chi connectivity index (χ2v) is 8.90. The first-order valence-corrected chi connectivity index (χ1v) is 10.2. The number of hydrogen-bond donors (Lipinski definition) is 1. The molecular formula is C17H21FN4O2S. The molecule has 1 aromatic heterocycles. The van der Waals surface area contributed by atoms with E-state index in [1.165, 1.54) is 4.31 Å². The molecule has 1 saturated carbocycles. The van der Waals surface area contributed by atoms with Gasteiger partial charge in [0.15, 0.2) is 5.82 Å². The predicted molar refractivity (Wildman–Crippen MR) is 91.2 cm³/mol. The molecule has 4 rings (SSSR count). The Morgan fingerprint density at radius 3 is 2.64 bits per heavy atom. The van der Waals surface area contributed by atoms with Crippen LogP contribution in [0.1, 0.15) is 41.9 Å². The molecule has 2 heterocycles. The first kappa shape index (κ1) is 16.7. The Balaban J connectivity index is 1.51. The van der Waals surface area contributed by atoms with E-state index in [2.05, 4.69) is 15.2 Å². The summed E-state index contributed by atoms with van der Waals surface area (Å²) in [6, 6.07) is 9.06. The van der Waals surface area contributed by atoms with Gasteiger partial charge in [0, 0.05) is 30.8 Å². The number of hydrogen-bond acceptors (Lipinski definition) is 4. The molecule has 25 heavy (non-hydrogen) atoms. The Morgan fingerprint density at radius 2 is 1.96 bits per heavy atom. The predicted octanol–water partition coefficient (Wildman–Crippen LogP) is 2.20. The van der Waals surface area contributed by atoms with Gasteiger partial charge in [-0.2, -0.15) is 5.10 Å². The fourth-order valence-electron chi connectivity index (χ4n) is 3.38. The average Bonchev–Trinajstić information content (AvgIpc) is 3.17. The minimum atomic E-state index is -3.49. The quantitative estimate of drug-likeness (QED) is 0.852. The molecular weight excluding hydrogens is 343 g/mol. The van der Waals surface area contributed by atoms with Gasteiger partial charge >= 0.3 is 0 Å². The van der Waals surface area contributed by atoms with Crippen molar-refractivity contribution in [2.24, 2.45) is 5.92 Å². The van der Waals surface area contributed by atoms with Gasteiger partial charge in [0.2, 0.25) is 10.0 Å². The molecule has 0 radical (unpaired) electrons. The van der Waals surface area contributed by atoms with Crippen molar-refractivity contribution in [2.75, 3.05) is 19.8 Å². The zero-order chi connectivity index (χ0) is 17.4. The summed E-state index contributed by atoms with van der Waals surface area (Å²) in [5.74, 6) is 1.08. The fraction of sp³-hybridized carbons (Fsp3) is 0.529. The van der Waals surface area contributed by atoms with E-state index in [0.29, 0.717) is 11.7 Å². The Labute approximate surface area is 146 Å². The maximum atomic E-state index is 13.5. The molecule has 0 amide bonds.